The quantitative estimate of drug-likeness (QED) is 0.572. The Balaban J connectivity index is 2.58. The van der Waals surface area contributed by atoms with Crippen LogP contribution in [0.25, 0.3) is 0 Å². The van der Waals surface area contributed by atoms with E-state index in [1.165, 1.54) is 0 Å². The average molecular weight is 142 g/mol. The van der Waals surface area contributed by atoms with E-state index < -0.39 is 6.10 Å². The van der Waals surface area contributed by atoms with E-state index in [1.54, 1.807) is 6.92 Å². The molecule has 1 aromatic heterocycles. The molecular weight excluding hydrogens is 136 g/mol. The van der Waals surface area contributed by atoms with E-state index in [2.05, 4.69) is 25.4 Å². The Kier molecular flexibility index (Phi) is 1.93. The van der Waals surface area contributed by atoms with Gasteiger partial charge in [-0.2, -0.15) is 5.21 Å². The summed E-state index contributed by atoms with van der Waals surface area (Å²) < 4.78 is 4.52. The first kappa shape index (κ1) is 6.66. The van der Waals surface area contributed by atoms with Gasteiger partial charge in [0.25, 0.3) is 6.47 Å². The topological polar surface area (TPSA) is 80.8 Å². The molecule has 0 aliphatic carbocycles. The molecule has 6 nitrogen and oxygen atoms in total. The van der Waals surface area contributed by atoms with Crippen molar-refractivity contribution in [2.75, 3.05) is 0 Å². The smallest absolute Gasteiger partial charge is 0.293 e. The molecule has 1 aromatic rings. The van der Waals surface area contributed by atoms with Crippen molar-refractivity contribution < 1.29 is 9.53 Å². The lowest BCUT2D eigenvalue weighted by Crippen LogP contribution is -2.00. The highest BCUT2D eigenvalue weighted by Crippen LogP contribution is 2.06. The van der Waals surface area contributed by atoms with Gasteiger partial charge in [0.15, 0.2) is 6.10 Å². The van der Waals surface area contributed by atoms with Gasteiger partial charge in [0, 0.05) is 0 Å². The third kappa shape index (κ3) is 1.28. The predicted molar refractivity (Wildman–Crippen MR) is 29.7 cm³/mol. The Bertz CT molecular complexity index is 197. The highest BCUT2D eigenvalue weighted by Gasteiger charge is 2.09. The number of carbonyl (C=O) groups excluding carboxylic acids is 1. The molecule has 0 saturated carbocycles. The first-order valence-electron chi connectivity index (χ1n) is 2.67. The maximum absolute atomic E-state index is 9.80. The van der Waals surface area contributed by atoms with Gasteiger partial charge in [-0.25, -0.2) is 0 Å². The van der Waals surface area contributed by atoms with Crippen LogP contribution in [0.5, 0.6) is 0 Å². The molecule has 6 heteroatoms. The fraction of sp³-hybridized carbons (Fsp3) is 0.500. The van der Waals surface area contributed by atoms with Gasteiger partial charge in [0.1, 0.15) is 0 Å². The minimum Gasteiger partial charge on any atom is -0.456 e. The fourth-order valence-electron chi connectivity index (χ4n) is 0.486. The third-order valence-corrected chi connectivity index (χ3v) is 0.985. The Morgan fingerprint density at radius 2 is 2.60 bits per heavy atom. The molecule has 1 N–H and O–H groups in total. The molecule has 0 amide bonds. The van der Waals surface area contributed by atoms with Gasteiger partial charge in [-0.1, -0.05) is 5.21 Å². The first-order valence-corrected chi connectivity index (χ1v) is 2.67. The van der Waals surface area contributed by atoms with Crippen molar-refractivity contribution in [2.24, 2.45) is 0 Å². The Labute approximate surface area is 56.6 Å². The van der Waals surface area contributed by atoms with Crippen LogP contribution >= 0.6 is 0 Å². The predicted octanol–water partition coefficient (Wildman–Crippen LogP) is -0.566. The van der Waals surface area contributed by atoms with Gasteiger partial charge in [0.2, 0.25) is 5.82 Å². The van der Waals surface area contributed by atoms with Crippen LogP contribution in [0.3, 0.4) is 0 Å². The summed E-state index contributed by atoms with van der Waals surface area (Å²) in [5.41, 5.74) is 0. The molecule has 0 aliphatic rings. The number of ether oxygens (including phenoxy) is 1. The van der Waals surface area contributed by atoms with Crippen molar-refractivity contribution in [1.29, 1.82) is 0 Å². The van der Waals surface area contributed by atoms with Crippen LogP contribution in [-0.2, 0) is 9.53 Å². The molecule has 0 aliphatic heterocycles. The summed E-state index contributed by atoms with van der Waals surface area (Å²) in [6, 6.07) is 0. The van der Waals surface area contributed by atoms with Crippen molar-refractivity contribution >= 4 is 6.47 Å². The SMILES string of the molecule is CC(OC=O)c1nn[nH]n1. The van der Waals surface area contributed by atoms with Crippen molar-refractivity contribution in [3.63, 3.8) is 0 Å². The second-order valence-corrected chi connectivity index (χ2v) is 1.64. The second kappa shape index (κ2) is 2.90. The lowest BCUT2D eigenvalue weighted by Gasteiger charge is -2.00. The summed E-state index contributed by atoms with van der Waals surface area (Å²) >= 11 is 0. The fourth-order valence-corrected chi connectivity index (χ4v) is 0.486. The molecule has 54 valence electrons. The molecule has 0 fully saturated rings. The zero-order valence-electron chi connectivity index (χ0n) is 5.31. The summed E-state index contributed by atoms with van der Waals surface area (Å²) in [4.78, 5) is 9.80. The number of tetrazole rings is 1. The van der Waals surface area contributed by atoms with E-state index >= 15 is 0 Å². The maximum atomic E-state index is 9.80. The number of H-pyrrole nitrogens is 1. The summed E-state index contributed by atoms with van der Waals surface area (Å²) in [6.07, 6.45) is -0.434. The van der Waals surface area contributed by atoms with Crippen molar-refractivity contribution in [2.45, 2.75) is 13.0 Å². The molecule has 1 atom stereocenters. The van der Waals surface area contributed by atoms with E-state index in [9.17, 15) is 4.79 Å². The second-order valence-electron chi connectivity index (χ2n) is 1.64. The third-order valence-electron chi connectivity index (χ3n) is 0.985. The Morgan fingerprint density at radius 1 is 1.80 bits per heavy atom. The minimum absolute atomic E-state index is 0.348. The summed E-state index contributed by atoms with van der Waals surface area (Å²) in [6.45, 7) is 2.00. The van der Waals surface area contributed by atoms with Gasteiger partial charge >= 0.3 is 0 Å². The molecule has 0 bridgehead atoms. The van der Waals surface area contributed by atoms with Crippen LogP contribution in [0.4, 0.5) is 0 Å². The maximum Gasteiger partial charge on any atom is 0.293 e. The van der Waals surface area contributed by atoms with E-state index in [0.717, 1.165) is 0 Å². The zero-order chi connectivity index (χ0) is 7.40. The molecule has 0 spiro atoms. The van der Waals surface area contributed by atoms with Gasteiger partial charge in [-0.15, -0.1) is 10.2 Å². The van der Waals surface area contributed by atoms with Crippen molar-refractivity contribution in [1.82, 2.24) is 20.6 Å². The summed E-state index contributed by atoms with van der Waals surface area (Å²) in [7, 11) is 0. The molecule has 1 rings (SSSR count). The normalized spacial score (nSPS) is 12.5. The molecule has 1 heterocycles. The Morgan fingerprint density at radius 3 is 3.10 bits per heavy atom. The van der Waals surface area contributed by atoms with Crippen molar-refractivity contribution in [3.8, 4) is 0 Å². The number of hydrogen-bond donors (Lipinski definition) is 1. The number of aromatic nitrogens is 4. The molecule has 10 heavy (non-hydrogen) atoms. The zero-order valence-corrected chi connectivity index (χ0v) is 5.31. The van der Waals surface area contributed by atoms with Crippen molar-refractivity contribution in [3.05, 3.63) is 5.82 Å². The standard InChI is InChI=1S/C4H6N4O2/c1-3(10-2-9)4-5-7-8-6-4/h2-3H,1H3,(H,5,6,7,8). The number of rotatable bonds is 3. The molecule has 0 radical (unpaired) electrons. The van der Waals surface area contributed by atoms with Gasteiger partial charge in [-0.05, 0) is 6.92 Å². The van der Waals surface area contributed by atoms with E-state index in [1.807, 2.05) is 0 Å². The first-order chi connectivity index (χ1) is 4.84. The van der Waals surface area contributed by atoms with Crippen LogP contribution in [0, 0.1) is 0 Å². The van der Waals surface area contributed by atoms with Gasteiger partial charge in [0.05, 0.1) is 0 Å². The van der Waals surface area contributed by atoms with Crippen LogP contribution in [0.2, 0.25) is 0 Å². The molecule has 0 aromatic carbocycles. The van der Waals surface area contributed by atoms with E-state index in [4.69, 9.17) is 0 Å². The van der Waals surface area contributed by atoms with Crippen LogP contribution in [-0.4, -0.2) is 27.1 Å². The van der Waals surface area contributed by atoms with Crippen LogP contribution in [0.1, 0.15) is 18.9 Å². The number of hydrogen-bond acceptors (Lipinski definition) is 5. The monoisotopic (exact) mass is 142 g/mol. The van der Waals surface area contributed by atoms with Gasteiger partial charge in [-0.3, -0.25) is 4.79 Å². The summed E-state index contributed by atoms with van der Waals surface area (Å²) in [5.74, 6) is 0.368. The lowest BCUT2D eigenvalue weighted by atomic mass is 10.4. The van der Waals surface area contributed by atoms with Crippen LogP contribution < -0.4 is 0 Å². The minimum atomic E-state index is -0.434. The van der Waals surface area contributed by atoms with E-state index in [0.29, 0.717) is 12.3 Å². The number of nitrogens with zero attached hydrogens (tertiary/aromatic N) is 3. The van der Waals surface area contributed by atoms with Crippen LogP contribution in [0.15, 0.2) is 0 Å². The highest BCUT2D eigenvalue weighted by molar-refractivity contribution is 5.37. The molecule has 0 saturated heterocycles. The number of aromatic amines is 1. The highest BCUT2D eigenvalue weighted by atomic mass is 16.5. The molecular formula is C4H6N4O2. The number of carbonyl (C=O) groups is 1. The van der Waals surface area contributed by atoms with Gasteiger partial charge < -0.3 is 4.74 Å². The number of nitrogens with one attached hydrogen (secondary N) is 1. The van der Waals surface area contributed by atoms with E-state index in [-0.39, 0.29) is 0 Å². The molecule has 1 unspecified atom stereocenters. The average Bonchev–Trinajstić information content (AvgIpc) is 2.38. The lowest BCUT2D eigenvalue weighted by molar-refractivity contribution is -0.133. The Hall–Kier alpha value is -1.46. The summed E-state index contributed by atoms with van der Waals surface area (Å²) in [5, 5.41) is 12.7. The largest absolute Gasteiger partial charge is 0.456 e.